The Bertz CT molecular complexity index is 1390. The molecule has 0 spiro atoms. The maximum absolute atomic E-state index is 14.4. The molecule has 39 heavy (non-hydrogen) atoms. The van der Waals surface area contributed by atoms with Gasteiger partial charge in [0, 0.05) is 11.3 Å². The molecule has 206 valence electrons. The van der Waals surface area contributed by atoms with Gasteiger partial charge < -0.3 is 19.5 Å². The van der Waals surface area contributed by atoms with E-state index >= 15 is 0 Å². The van der Waals surface area contributed by atoms with Crippen molar-refractivity contribution in [1.29, 1.82) is 0 Å². The second-order valence-corrected chi connectivity index (χ2v) is 10.7. The van der Waals surface area contributed by atoms with E-state index < -0.39 is 17.8 Å². The number of anilines is 1. The first-order valence-electron chi connectivity index (χ1n) is 12.9. The first-order valence-corrected chi connectivity index (χ1v) is 14.0. The fourth-order valence-corrected chi connectivity index (χ4v) is 5.74. The predicted molar refractivity (Wildman–Crippen MR) is 146 cm³/mol. The molecule has 9 nitrogen and oxygen atoms in total. The SMILES string of the molecule is CCOc1cc(C2C(C(=O)OC3CCCCC3)=C(C)Nc3nnnn32)cc(Br)c1OCc1c(F)cccc1Cl. The van der Waals surface area contributed by atoms with E-state index in [0.717, 1.165) is 32.1 Å². The Morgan fingerprint density at radius 3 is 2.77 bits per heavy atom. The normalized spacial score (nSPS) is 17.4. The molecule has 5 rings (SSSR count). The summed E-state index contributed by atoms with van der Waals surface area (Å²) in [6.07, 6.45) is 4.82. The van der Waals surface area contributed by atoms with Crippen molar-refractivity contribution in [1.82, 2.24) is 20.2 Å². The summed E-state index contributed by atoms with van der Waals surface area (Å²) >= 11 is 9.78. The van der Waals surface area contributed by atoms with Gasteiger partial charge in [-0.15, -0.1) is 0 Å². The highest BCUT2D eigenvalue weighted by molar-refractivity contribution is 9.10. The molecule has 1 aliphatic heterocycles. The minimum Gasteiger partial charge on any atom is -0.490 e. The minimum atomic E-state index is -0.682. The molecular weight excluding hydrogens is 593 g/mol. The Morgan fingerprint density at radius 1 is 1.23 bits per heavy atom. The van der Waals surface area contributed by atoms with Crippen molar-refractivity contribution in [3.8, 4) is 11.5 Å². The quantitative estimate of drug-likeness (QED) is 0.290. The van der Waals surface area contributed by atoms with E-state index in [2.05, 4.69) is 36.8 Å². The third-order valence-corrected chi connectivity index (χ3v) is 7.77. The summed E-state index contributed by atoms with van der Waals surface area (Å²) < 4.78 is 34.3. The molecule has 3 aromatic rings. The molecule has 2 aliphatic rings. The number of rotatable bonds is 8. The summed E-state index contributed by atoms with van der Waals surface area (Å²) in [6.45, 7) is 3.89. The first-order chi connectivity index (χ1) is 18.9. The zero-order chi connectivity index (χ0) is 27.5. The molecule has 1 aromatic heterocycles. The van der Waals surface area contributed by atoms with E-state index in [-0.39, 0.29) is 23.3 Å². The van der Waals surface area contributed by atoms with Gasteiger partial charge in [-0.25, -0.2) is 9.18 Å². The summed E-state index contributed by atoms with van der Waals surface area (Å²) in [5.74, 6) is 0.297. The lowest BCUT2D eigenvalue weighted by molar-refractivity contribution is -0.146. The van der Waals surface area contributed by atoms with Crippen LogP contribution in [0.2, 0.25) is 5.02 Å². The maximum atomic E-state index is 14.4. The highest BCUT2D eigenvalue weighted by Gasteiger charge is 2.37. The number of benzene rings is 2. The molecule has 1 fully saturated rings. The number of allylic oxidation sites excluding steroid dienone is 1. The van der Waals surface area contributed by atoms with Crippen LogP contribution in [0.4, 0.5) is 10.3 Å². The number of aromatic nitrogens is 4. The number of nitrogens with one attached hydrogen (secondary N) is 1. The molecule has 1 unspecified atom stereocenters. The molecule has 0 amide bonds. The van der Waals surface area contributed by atoms with E-state index in [9.17, 15) is 9.18 Å². The molecule has 12 heteroatoms. The molecule has 2 heterocycles. The number of ether oxygens (including phenoxy) is 3. The van der Waals surface area contributed by atoms with Crippen LogP contribution in [0.1, 0.15) is 63.1 Å². The molecule has 2 aromatic carbocycles. The van der Waals surface area contributed by atoms with Gasteiger partial charge in [0.25, 0.3) is 0 Å². The lowest BCUT2D eigenvalue weighted by Crippen LogP contribution is -2.32. The summed E-state index contributed by atoms with van der Waals surface area (Å²) in [5, 5.41) is 15.4. The number of hydrogen-bond donors (Lipinski definition) is 1. The van der Waals surface area contributed by atoms with Gasteiger partial charge in [-0.1, -0.05) is 29.2 Å². The lowest BCUT2D eigenvalue weighted by Gasteiger charge is -2.30. The molecular formula is C27H28BrClFN5O4. The number of carbonyl (C=O) groups is 1. The monoisotopic (exact) mass is 619 g/mol. The molecule has 1 N–H and O–H groups in total. The van der Waals surface area contributed by atoms with Gasteiger partial charge in [0.1, 0.15) is 24.6 Å². The van der Waals surface area contributed by atoms with Crippen LogP contribution >= 0.6 is 27.5 Å². The van der Waals surface area contributed by atoms with Gasteiger partial charge in [-0.05, 0) is 95.7 Å². The summed E-state index contributed by atoms with van der Waals surface area (Å²) in [6, 6.07) is 7.37. The average Bonchev–Trinajstić information content (AvgIpc) is 3.37. The minimum absolute atomic E-state index is 0.105. The summed E-state index contributed by atoms with van der Waals surface area (Å²) in [5.41, 5.74) is 1.92. The Morgan fingerprint density at radius 2 is 2.03 bits per heavy atom. The van der Waals surface area contributed by atoms with Crippen LogP contribution in [0.5, 0.6) is 11.5 Å². The maximum Gasteiger partial charge on any atom is 0.338 e. The molecule has 0 saturated heterocycles. The number of halogens is 3. The molecule has 1 saturated carbocycles. The van der Waals surface area contributed by atoms with Crippen LogP contribution in [0.25, 0.3) is 0 Å². The highest BCUT2D eigenvalue weighted by Crippen LogP contribution is 2.43. The van der Waals surface area contributed by atoms with Crippen LogP contribution in [-0.4, -0.2) is 38.9 Å². The second-order valence-electron chi connectivity index (χ2n) is 9.43. The topological polar surface area (TPSA) is 100 Å². The van der Waals surface area contributed by atoms with Crippen LogP contribution in [0.15, 0.2) is 46.1 Å². The van der Waals surface area contributed by atoms with Crippen molar-refractivity contribution in [2.24, 2.45) is 0 Å². The number of hydrogen-bond acceptors (Lipinski definition) is 8. The van der Waals surface area contributed by atoms with Crippen LogP contribution < -0.4 is 14.8 Å². The van der Waals surface area contributed by atoms with E-state index in [1.165, 1.54) is 12.1 Å². The fourth-order valence-electron chi connectivity index (χ4n) is 4.95. The second kappa shape index (κ2) is 11.9. The van der Waals surface area contributed by atoms with Gasteiger partial charge in [-0.2, -0.15) is 4.68 Å². The lowest BCUT2D eigenvalue weighted by atomic mass is 9.94. The van der Waals surface area contributed by atoms with Gasteiger partial charge in [0.15, 0.2) is 11.5 Å². The number of esters is 1. The zero-order valence-corrected chi connectivity index (χ0v) is 23.9. The van der Waals surface area contributed by atoms with Crippen molar-refractivity contribution < 1.29 is 23.4 Å². The van der Waals surface area contributed by atoms with E-state index in [4.69, 9.17) is 25.8 Å². The fraction of sp³-hybridized carbons (Fsp3) is 0.407. The van der Waals surface area contributed by atoms with E-state index in [1.54, 1.807) is 23.7 Å². The molecule has 0 bridgehead atoms. The smallest absolute Gasteiger partial charge is 0.338 e. The van der Waals surface area contributed by atoms with Gasteiger partial charge >= 0.3 is 5.97 Å². The number of carbonyl (C=O) groups excluding carboxylic acids is 1. The van der Waals surface area contributed by atoms with Gasteiger partial charge in [0.05, 0.1) is 21.7 Å². The van der Waals surface area contributed by atoms with Crippen molar-refractivity contribution in [2.45, 2.75) is 64.7 Å². The van der Waals surface area contributed by atoms with Crippen molar-refractivity contribution in [3.63, 3.8) is 0 Å². The largest absolute Gasteiger partial charge is 0.490 e. The Balaban J connectivity index is 1.51. The third-order valence-electron chi connectivity index (χ3n) is 6.83. The molecule has 1 atom stereocenters. The Hall–Kier alpha value is -3.18. The first kappa shape index (κ1) is 27.4. The Kier molecular flexibility index (Phi) is 8.37. The van der Waals surface area contributed by atoms with E-state index in [0.29, 0.717) is 45.4 Å². The van der Waals surface area contributed by atoms with Gasteiger partial charge in [-0.3, -0.25) is 0 Å². The summed E-state index contributed by atoms with van der Waals surface area (Å²) in [4.78, 5) is 13.6. The standard InChI is InChI=1S/C27H28BrClFN5O4/c1-3-37-22-13-16(12-19(28)25(22)38-14-18-20(29)10-7-11-21(18)30)24-23(15(2)31-27-32-33-34-35(24)27)26(36)39-17-8-5-4-6-9-17/h7,10-13,17,24H,3-6,8-9,14H2,1-2H3,(H,31,32,34). The zero-order valence-electron chi connectivity index (χ0n) is 21.5. The van der Waals surface area contributed by atoms with Crippen LogP contribution in [0.3, 0.4) is 0 Å². The number of fused-ring (bicyclic) bond motifs is 1. The average molecular weight is 621 g/mol. The van der Waals surface area contributed by atoms with E-state index in [1.807, 2.05) is 13.0 Å². The van der Waals surface area contributed by atoms with Crippen molar-refractivity contribution in [2.75, 3.05) is 11.9 Å². The number of nitrogens with zero attached hydrogens (tertiary/aromatic N) is 4. The van der Waals surface area contributed by atoms with Crippen LogP contribution in [-0.2, 0) is 16.1 Å². The highest BCUT2D eigenvalue weighted by atomic mass is 79.9. The van der Waals surface area contributed by atoms with Crippen LogP contribution in [0, 0.1) is 5.82 Å². The summed E-state index contributed by atoms with van der Waals surface area (Å²) in [7, 11) is 0. The van der Waals surface area contributed by atoms with Crippen molar-refractivity contribution in [3.05, 3.63) is 68.0 Å². The Labute approximate surface area is 238 Å². The molecule has 0 radical (unpaired) electrons. The van der Waals surface area contributed by atoms with Crippen molar-refractivity contribution >= 4 is 39.4 Å². The third kappa shape index (κ3) is 5.74. The predicted octanol–water partition coefficient (Wildman–Crippen LogP) is 6.37. The van der Waals surface area contributed by atoms with Gasteiger partial charge in [0.2, 0.25) is 5.95 Å². The molecule has 1 aliphatic carbocycles. The number of tetrazole rings is 1.